The predicted octanol–water partition coefficient (Wildman–Crippen LogP) is 5.51. The van der Waals surface area contributed by atoms with Crippen molar-refractivity contribution in [2.75, 3.05) is 13.1 Å². The van der Waals surface area contributed by atoms with Crippen LogP contribution in [0.25, 0.3) is 10.8 Å². The van der Waals surface area contributed by atoms with Crippen molar-refractivity contribution in [1.29, 1.82) is 0 Å². The Balaban J connectivity index is 1.89. The van der Waals surface area contributed by atoms with E-state index in [1.54, 1.807) is 19.9 Å². The van der Waals surface area contributed by atoms with E-state index in [4.69, 9.17) is 10.5 Å². The van der Waals surface area contributed by atoms with Crippen LogP contribution in [-0.2, 0) is 30.4 Å². The molecule has 0 radical (unpaired) electrons. The van der Waals surface area contributed by atoms with Gasteiger partial charge >= 0.3 is 18.1 Å². The largest absolute Gasteiger partial charge is 0.492 e. The van der Waals surface area contributed by atoms with E-state index in [9.17, 15) is 31.2 Å². The molecule has 0 saturated carbocycles. The minimum absolute atomic E-state index is 0.157. The first-order chi connectivity index (χ1) is 20.9. The van der Waals surface area contributed by atoms with Crippen LogP contribution in [0.5, 0.6) is 5.75 Å². The molecule has 0 bridgehead atoms. The van der Waals surface area contributed by atoms with Gasteiger partial charge < -0.3 is 20.2 Å². The number of carbonyl (C=O) groups is 2. The maximum atomic E-state index is 16.4. The number of hydrogen-bond donors (Lipinski definition) is 1. The summed E-state index contributed by atoms with van der Waals surface area (Å²) in [6.45, 7) is 3.20. The van der Waals surface area contributed by atoms with Crippen molar-refractivity contribution in [3.8, 4) is 5.75 Å². The summed E-state index contributed by atoms with van der Waals surface area (Å²) in [6.07, 6.45) is -5.67. The molecule has 9 nitrogen and oxygen atoms in total. The number of amides is 1. The Morgan fingerprint density at radius 1 is 0.956 bits per heavy atom. The van der Waals surface area contributed by atoms with Crippen molar-refractivity contribution in [3.05, 3.63) is 70.7 Å². The van der Waals surface area contributed by atoms with E-state index >= 15 is 8.78 Å². The molecular formula is C29H29BrF5N3O6S. The monoisotopic (exact) mass is 721 g/mol. The average Bonchev–Trinajstić information content (AvgIpc) is 2.96. The second kappa shape index (κ2) is 13.2. The van der Waals surface area contributed by atoms with Crippen LogP contribution in [0.3, 0.4) is 0 Å². The second-order valence-electron chi connectivity index (χ2n) is 10.7. The third-order valence-electron chi connectivity index (χ3n) is 6.96. The van der Waals surface area contributed by atoms with Crippen molar-refractivity contribution >= 4 is 48.6 Å². The summed E-state index contributed by atoms with van der Waals surface area (Å²) in [5.41, 5.74) is 4.94. The minimum atomic E-state index is -5.80. The smallest absolute Gasteiger partial charge is 0.491 e. The highest BCUT2D eigenvalue weighted by atomic mass is 79.9. The first-order valence-electron chi connectivity index (χ1n) is 13.6. The number of rotatable bonds is 9. The molecule has 244 valence electrons. The number of alkyl halides is 5. The van der Waals surface area contributed by atoms with E-state index in [0.717, 1.165) is 29.2 Å². The number of fused-ring (bicyclic) bond motifs is 1. The normalized spacial score (nSPS) is 15.8. The van der Waals surface area contributed by atoms with Crippen LogP contribution >= 0.6 is 15.9 Å². The van der Waals surface area contributed by atoms with Crippen molar-refractivity contribution in [1.82, 2.24) is 9.37 Å². The Hall–Kier alpha value is -3.34. The molecule has 3 aromatic rings. The highest BCUT2D eigenvalue weighted by molar-refractivity contribution is 9.10. The van der Waals surface area contributed by atoms with Gasteiger partial charge in [0, 0.05) is 29.2 Å². The van der Waals surface area contributed by atoms with Crippen LogP contribution < -0.4 is 10.5 Å². The molecule has 1 amide bonds. The van der Waals surface area contributed by atoms with E-state index in [2.05, 4.69) is 20.8 Å². The van der Waals surface area contributed by atoms with Crippen LogP contribution in [0.1, 0.15) is 32.3 Å². The minimum Gasteiger partial charge on any atom is -0.491 e. The number of likely N-dealkylation sites (tertiary alicyclic amines) is 1. The molecule has 45 heavy (non-hydrogen) atoms. The molecule has 16 heteroatoms. The van der Waals surface area contributed by atoms with Gasteiger partial charge in [-0.2, -0.15) is 22.0 Å². The summed E-state index contributed by atoms with van der Waals surface area (Å²) >= 11 is 3.09. The Bertz CT molecular complexity index is 1660. The fourth-order valence-corrected chi connectivity index (χ4v) is 6.34. The van der Waals surface area contributed by atoms with Gasteiger partial charge in [-0.25, -0.2) is 13.2 Å². The molecule has 1 aliphatic rings. The lowest BCUT2D eigenvalue weighted by atomic mass is 9.98. The van der Waals surface area contributed by atoms with Crippen LogP contribution in [0.15, 0.2) is 70.0 Å². The van der Waals surface area contributed by atoms with Gasteiger partial charge in [-0.05, 0) is 78.3 Å². The lowest BCUT2D eigenvalue weighted by Gasteiger charge is -2.38. The van der Waals surface area contributed by atoms with Gasteiger partial charge in [-0.15, -0.1) is 0 Å². The van der Waals surface area contributed by atoms with Gasteiger partial charge in [0.25, 0.3) is 15.9 Å². The number of piperidine rings is 1. The molecule has 1 fully saturated rings. The summed E-state index contributed by atoms with van der Waals surface area (Å²) in [5, 5.41) is 0.685. The molecule has 1 aliphatic heterocycles. The van der Waals surface area contributed by atoms with Crippen molar-refractivity contribution in [2.24, 2.45) is 5.73 Å². The zero-order chi connectivity index (χ0) is 33.3. The van der Waals surface area contributed by atoms with Gasteiger partial charge in [0.2, 0.25) is 6.04 Å². The van der Waals surface area contributed by atoms with Crippen molar-refractivity contribution in [3.63, 3.8) is 0 Å². The van der Waals surface area contributed by atoms with E-state index in [-0.39, 0.29) is 43.5 Å². The third-order valence-corrected chi connectivity index (χ3v) is 9.10. The number of halogens is 6. The molecular weight excluding hydrogens is 693 g/mol. The molecule has 0 aliphatic carbocycles. The standard InChI is InChI=1S/C29H29BrF5N3O6S/c1-17(2)43-23-9-3-19-16-24(10-4-18(19)15-23)45(41,42)38(44-27(40)29(33,34)35)25(26(39)37-13-11-22(36)12-14-37)28(31,32)20-5-7-21(30)8-6-20/h3-10,15-17,22,25H,11-14,36H2,1-2H3/t25-/m1/s1. The number of ether oxygens (including phenoxy) is 1. The van der Waals surface area contributed by atoms with Gasteiger partial charge in [0.15, 0.2) is 0 Å². The summed E-state index contributed by atoms with van der Waals surface area (Å²) in [6, 6.07) is 8.16. The lowest BCUT2D eigenvalue weighted by molar-refractivity contribution is -0.239. The van der Waals surface area contributed by atoms with E-state index in [1.165, 1.54) is 30.3 Å². The van der Waals surface area contributed by atoms with Crippen molar-refractivity contribution < 1.29 is 49.5 Å². The number of carbonyl (C=O) groups excluding carboxylic acids is 2. The number of hydrogen-bond acceptors (Lipinski definition) is 7. The van der Waals surface area contributed by atoms with Gasteiger partial charge in [-0.3, -0.25) is 4.79 Å². The quantitative estimate of drug-likeness (QED) is 0.229. The summed E-state index contributed by atoms with van der Waals surface area (Å²) in [5.74, 6) is -8.76. The van der Waals surface area contributed by atoms with Crippen LogP contribution in [0.2, 0.25) is 0 Å². The zero-order valence-electron chi connectivity index (χ0n) is 23.9. The number of nitrogens with two attached hydrogens (primary N) is 1. The van der Waals surface area contributed by atoms with Crippen LogP contribution in [0.4, 0.5) is 22.0 Å². The Labute approximate surface area is 264 Å². The molecule has 0 unspecified atom stereocenters. The lowest BCUT2D eigenvalue weighted by Crippen LogP contribution is -2.60. The molecule has 1 atom stereocenters. The van der Waals surface area contributed by atoms with E-state index in [0.29, 0.717) is 15.6 Å². The molecule has 1 saturated heterocycles. The molecule has 4 rings (SSSR count). The third kappa shape index (κ3) is 7.73. The number of nitrogens with zero attached hydrogens (tertiary/aromatic N) is 2. The SMILES string of the molecule is CC(C)Oc1ccc2cc(S(=O)(=O)N(OC(=O)C(F)(F)F)[C@H](C(=O)N3CCC(N)CC3)C(F)(F)c3ccc(Br)cc3)ccc2c1. The average molecular weight is 723 g/mol. The first-order valence-corrected chi connectivity index (χ1v) is 15.9. The molecule has 1 heterocycles. The second-order valence-corrected chi connectivity index (χ2v) is 13.4. The van der Waals surface area contributed by atoms with Crippen molar-refractivity contribution in [2.45, 2.75) is 61.9 Å². The van der Waals surface area contributed by atoms with Crippen LogP contribution in [-0.4, -0.2) is 67.1 Å². The molecule has 0 aromatic heterocycles. The highest BCUT2D eigenvalue weighted by Crippen LogP contribution is 2.40. The summed E-state index contributed by atoms with van der Waals surface area (Å²) in [4.78, 5) is 30.2. The molecule has 3 aromatic carbocycles. The van der Waals surface area contributed by atoms with Gasteiger partial charge in [0.1, 0.15) is 5.75 Å². The number of hydroxylamine groups is 1. The highest BCUT2D eigenvalue weighted by Gasteiger charge is 2.58. The Morgan fingerprint density at radius 3 is 2.11 bits per heavy atom. The Kier molecular flexibility index (Phi) is 10.1. The topological polar surface area (TPSA) is 119 Å². The maximum Gasteiger partial charge on any atom is 0.492 e. The number of benzene rings is 3. The molecule has 0 spiro atoms. The molecule has 2 N–H and O–H groups in total. The fourth-order valence-electron chi connectivity index (χ4n) is 4.69. The first kappa shape index (κ1) is 34.5. The Morgan fingerprint density at radius 2 is 1.53 bits per heavy atom. The van der Waals surface area contributed by atoms with E-state index in [1.807, 2.05) is 0 Å². The maximum absolute atomic E-state index is 16.4. The number of sulfonamides is 1. The summed E-state index contributed by atoms with van der Waals surface area (Å²) in [7, 11) is -5.57. The van der Waals surface area contributed by atoms with Gasteiger partial charge in [-0.1, -0.05) is 40.2 Å². The fraction of sp³-hybridized carbons (Fsp3) is 0.379. The van der Waals surface area contributed by atoms with Gasteiger partial charge in [0.05, 0.1) is 11.0 Å². The predicted molar refractivity (Wildman–Crippen MR) is 156 cm³/mol. The zero-order valence-corrected chi connectivity index (χ0v) is 26.3. The van der Waals surface area contributed by atoms with Crippen LogP contribution in [0, 0.1) is 0 Å². The summed E-state index contributed by atoms with van der Waals surface area (Å²) < 4.78 is 106. The van der Waals surface area contributed by atoms with E-state index < -0.39 is 55.0 Å².